The fourth-order valence-electron chi connectivity index (χ4n) is 1.73. The first-order valence-electron chi connectivity index (χ1n) is 6.59. The van der Waals surface area contributed by atoms with Gasteiger partial charge in [0.2, 0.25) is 5.91 Å². The van der Waals surface area contributed by atoms with Crippen molar-refractivity contribution in [2.24, 2.45) is 0 Å². The van der Waals surface area contributed by atoms with Crippen molar-refractivity contribution in [3.05, 3.63) is 65.5 Å². The van der Waals surface area contributed by atoms with E-state index in [1.54, 1.807) is 6.92 Å². The van der Waals surface area contributed by atoms with Gasteiger partial charge in [0.15, 0.2) is 17.5 Å². The van der Waals surface area contributed by atoms with Crippen molar-refractivity contribution in [3.63, 3.8) is 0 Å². The molecule has 1 atom stereocenters. The maximum atomic E-state index is 13.5. The van der Waals surface area contributed by atoms with Crippen molar-refractivity contribution in [2.75, 3.05) is 5.32 Å². The molecule has 2 nitrogen and oxygen atoms in total. The smallest absolute Gasteiger partial charge is 0.237 e. The summed E-state index contributed by atoms with van der Waals surface area (Å²) in [5.41, 5.74) is 0.696. The largest absolute Gasteiger partial charge is 0.323 e. The molecule has 0 aliphatic rings. The number of nitrogens with one attached hydrogen (secondary N) is 1. The van der Waals surface area contributed by atoms with E-state index < -0.39 is 28.6 Å². The normalized spacial score (nSPS) is 12.0. The molecule has 0 bridgehead atoms. The Bertz CT molecular complexity index is 664. The Labute approximate surface area is 130 Å². The summed E-state index contributed by atoms with van der Waals surface area (Å²) in [6, 6.07) is 11.3. The van der Waals surface area contributed by atoms with Crippen molar-refractivity contribution >= 4 is 23.4 Å². The zero-order valence-electron chi connectivity index (χ0n) is 11.8. The number of hydrogen-bond acceptors (Lipinski definition) is 2. The number of benzene rings is 2. The standard InChI is InChI=1S/C16H14F3NOS/c1-10(22-9-11-5-3-2-4-6-11)16(21)20-13-8-7-12(17)14(18)15(13)19/h2-8,10H,9H2,1H3,(H,20,21)/t10-/m1/s1. The third-order valence-electron chi connectivity index (χ3n) is 3.01. The van der Waals surface area contributed by atoms with E-state index in [1.807, 2.05) is 30.3 Å². The molecular formula is C16H14F3NOS. The van der Waals surface area contributed by atoms with Crippen LogP contribution in [0, 0.1) is 17.5 Å². The SMILES string of the molecule is C[C@@H](SCc1ccccc1)C(=O)Nc1ccc(F)c(F)c1F. The van der Waals surface area contributed by atoms with Gasteiger partial charge in [0.1, 0.15) is 0 Å². The molecule has 0 heterocycles. The molecule has 0 saturated carbocycles. The van der Waals surface area contributed by atoms with Crippen LogP contribution >= 0.6 is 11.8 Å². The first-order chi connectivity index (χ1) is 10.5. The lowest BCUT2D eigenvalue weighted by atomic mass is 10.2. The van der Waals surface area contributed by atoms with Gasteiger partial charge in [-0.05, 0) is 24.6 Å². The molecule has 0 spiro atoms. The van der Waals surface area contributed by atoms with E-state index in [9.17, 15) is 18.0 Å². The molecule has 1 amide bonds. The molecule has 6 heteroatoms. The lowest BCUT2D eigenvalue weighted by Gasteiger charge is -2.13. The van der Waals surface area contributed by atoms with Crippen LogP contribution in [0.5, 0.6) is 0 Å². The van der Waals surface area contributed by atoms with Crippen molar-refractivity contribution in [1.29, 1.82) is 0 Å². The highest BCUT2D eigenvalue weighted by Crippen LogP contribution is 2.22. The number of halogens is 3. The molecule has 2 aromatic rings. The highest BCUT2D eigenvalue weighted by Gasteiger charge is 2.18. The molecule has 0 aliphatic heterocycles. The molecule has 1 N–H and O–H groups in total. The van der Waals surface area contributed by atoms with Gasteiger partial charge in [-0.3, -0.25) is 4.79 Å². The lowest BCUT2D eigenvalue weighted by Crippen LogP contribution is -2.23. The average Bonchev–Trinajstić information content (AvgIpc) is 2.54. The Morgan fingerprint density at radius 2 is 1.77 bits per heavy atom. The third-order valence-corrected chi connectivity index (χ3v) is 4.22. The minimum absolute atomic E-state index is 0.365. The molecule has 2 aromatic carbocycles. The van der Waals surface area contributed by atoms with Crippen molar-refractivity contribution in [3.8, 4) is 0 Å². The van der Waals surface area contributed by atoms with Crippen molar-refractivity contribution < 1.29 is 18.0 Å². The van der Waals surface area contributed by atoms with Gasteiger partial charge in [-0.2, -0.15) is 0 Å². The summed E-state index contributed by atoms with van der Waals surface area (Å²) in [5.74, 6) is -4.13. The van der Waals surface area contributed by atoms with E-state index in [1.165, 1.54) is 11.8 Å². The van der Waals surface area contributed by atoms with Gasteiger partial charge >= 0.3 is 0 Å². The van der Waals surface area contributed by atoms with E-state index in [0.717, 1.165) is 17.7 Å². The molecular weight excluding hydrogens is 311 g/mol. The van der Waals surface area contributed by atoms with Gasteiger partial charge in [0, 0.05) is 5.75 Å². The number of carbonyl (C=O) groups is 1. The van der Waals surface area contributed by atoms with E-state index in [0.29, 0.717) is 5.75 Å². The number of anilines is 1. The zero-order valence-corrected chi connectivity index (χ0v) is 12.6. The molecule has 22 heavy (non-hydrogen) atoms. The van der Waals surface area contributed by atoms with Crippen LogP contribution < -0.4 is 5.32 Å². The first-order valence-corrected chi connectivity index (χ1v) is 7.64. The third kappa shape index (κ3) is 4.04. The van der Waals surface area contributed by atoms with Gasteiger partial charge in [0.05, 0.1) is 10.9 Å². The van der Waals surface area contributed by atoms with Crippen molar-refractivity contribution in [2.45, 2.75) is 17.9 Å². The summed E-state index contributed by atoms with van der Waals surface area (Å²) in [6.45, 7) is 1.67. The number of rotatable bonds is 5. The Balaban J connectivity index is 1.96. The minimum Gasteiger partial charge on any atom is -0.323 e. The molecule has 0 fully saturated rings. The van der Waals surface area contributed by atoms with Crippen LogP contribution in [0.15, 0.2) is 42.5 Å². The van der Waals surface area contributed by atoms with E-state index in [-0.39, 0.29) is 5.69 Å². The fraction of sp³-hybridized carbons (Fsp3) is 0.188. The van der Waals surface area contributed by atoms with E-state index >= 15 is 0 Å². The summed E-state index contributed by atoms with van der Waals surface area (Å²) in [5, 5.41) is 1.81. The average molecular weight is 325 g/mol. The predicted octanol–water partition coefficient (Wildman–Crippen LogP) is 4.36. The Hall–Kier alpha value is -1.95. The number of thioether (sulfide) groups is 1. The predicted molar refractivity (Wildman–Crippen MR) is 82.1 cm³/mol. The summed E-state index contributed by atoms with van der Waals surface area (Å²) < 4.78 is 39.4. The number of hydrogen-bond donors (Lipinski definition) is 1. The zero-order chi connectivity index (χ0) is 16.1. The van der Waals surface area contributed by atoms with Gasteiger partial charge in [0.25, 0.3) is 0 Å². The molecule has 2 rings (SSSR count). The maximum Gasteiger partial charge on any atom is 0.237 e. The lowest BCUT2D eigenvalue weighted by molar-refractivity contribution is -0.115. The Kier molecular flexibility index (Phi) is 5.49. The summed E-state index contributed by atoms with van der Waals surface area (Å²) in [6.07, 6.45) is 0. The van der Waals surface area contributed by atoms with Crippen LogP contribution in [0.2, 0.25) is 0 Å². The highest BCUT2D eigenvalue weighted by atomic mass is 32.2. The molecule has 116 valence electrons. The second-order valence-corrected chi connectivity index (χ2v) is 5.98. The van der Waals surface area contributed by atoms with E-state index in [4.69, 9.17) is 0 Å². The Morgan fingerprint density at radius 3 is 2.45 bits per heavy atom. The van der Waals surface area contributed by atoms with Gasteiger partial charge in [-0.25, -0.2) is 13.2 Å². The number of amides is 1. The highest BCUT2D eigenvalue weighted by molar-refractivity contribution is 7.99. The van der Waals surface area contributed by atoms with Crippen LogP contribution in [-0.2, 0) is 10.5 Å². The second-order valence-electron chi connectivity index (χ2n) is 4.65. The minimum atomic E-state index is -1.60. The fourth-order valence-corrected chi connectivity index (χ4v) is 2.57. The maximum absolute atomic E-state index is 13.5. The monoisotopic (exact) mass is 325 g/mol. The summed E-state index contributed by atoms with van der Waals surface area (Å²) in [7, 11) is 0. The second kappa shape index (κ2) is 7.35. The van der Waals surface area contributed by atoms with Crippen LogP contribution in [0.25, 0.3) is 0 Å². The van der Waals surface area contributed by atoms with Crippen LogP contribution in [-0.4, -0.2) is 11.2 Å². The van der Waals surface area contributed by atoms with Crippen LogP contribution in [0.4, 0.5) is 18.9 Å². The molecule has 0 aliphatic carbocycles. The molecule has 0 radical (unpaired) electrons. The molecule has 0 saturated heterocycles. The summed E-state index contributed by atoms with van der Waals surface area (Å²) in [4.78, 5) is 12.0. The topological polar surface area (TPSA) is 29.1 Å². The quantitative estimate of drug-likeness (QED) is 0.827. The molecule has 0 unspecified atom stereocenters. The van der Waals surface area contributed by atoms with Crippen LogP contribution in [0.1, 0.15) is 12.5 Å². The molecule has 0 aromatic heterocycles. The Morgan fingerprint density at radius 1 is 1.09 bits per heavy atom. The summed E-state index contributed by atoms with van der Waals surface area (Å²) >= 11 is 1.37. The van der Waals surface area contributed by atoms with Crippen molar-refractivity contribution in [1.82, 2.24) is 0 Å². The number of carbonyl (C=O) groups excluding carboxylic acids is 1. The van der Waals surface area contributed by atoms with Crippen LogP contribution in [0.3, 0.4) is 0 Å². The van der Waals surface area contributed by atoms with E-state index in [2.05, 4.69) is 5.32 Å². The van der Waals surface area contributed by atoms with Gasteiger partial charge in [-0.1, -0.05) is 30.3 Å². The first kappa shape index (κ1) is 16.4. The van der Waals surface area contributed by atoms with Gasteiger partial charge in [-0.15, -0.1) is 11.8 Å². The van der Waals surface area contributed by atoms with Gasteiger partial charge < -0.3 is 5.32 Å².